The molecule has 0 saturated heterocycles. The molecule has 0 bridgehead atoms. The van der Waals surface area contributed by atoms with Crippen molar-refractivity contribution in [1.82, 2.24) is 0 Å². The van der Waals surface area contributed by atoms with Gasteiger partial charge in [-0.25, -0.2) is 0 Å². The van der Waals surface area contributed by atoms with Gasteiger partial charge in [0.05, 0.1) is 19.8 Å². The number of benzene rings is 1. The molecule has 0 aliphatic heterocycles. The van der Waals surface area contributed by atoms with Crippen LogP contribution in [0.5, 0.6) is 0 Å². The standard InChI is InChI=1S/C12H18ClNO2/c1-15-5-6-16-9-12(14)8-10-3-2-4-11(13)7-10/h2-4,7,12H,5-6,8-9,14H2,1H3. The van der Waals surface area contributed by atoms with Gasteiger partial charge in [0.25, 0.3) is 0 Å². The molecule has 1 atom stereocenters. The third-order valence-corrected chi connectivity index (χ3v) is 2.39. The minimum Gasteiger partial charge on any atom is -0.382 e. The van der Waals surface area contributed by atoms with E-state index in [9.17, 15) is 0 Å². The van der Waals surface area contributed by atoms with E-state index < -0.39 is 0 Å². The molecule has 0 spiro atoms. The fourth-order valence-electron chi connectivity index (χ4n) is 1.40. The van der Waals surface area contributed by atoms with Gasteiger partial charge in [-0.1, -0.05) is 23.7 Å². The van der Waals surface area contributed by atoms with Crippen LogP contribution in [0.1, 0.15) is 5.56 Å². The maximum atomic E-state index is 5.93. The van der Waals surface area contributed by atoms with Crippen LogP contribution >= 0.6 is 11.6 Å². The second-order valence-electron chi connectivity index (χ2n) is 3.66. The van der Waals surface area contributed by atoms with E-state index in [-0.39, 0.29) is 6.04 Å². The smallest absolute Gasteiger partial charge is 0.0701 e. The van der Waals surface area contributed by atoms with Gasteiger partial charge in [-0.3, -0.25) is 0 Å². The zero-order chi connectivity index (χ0) is 11.8. The largest absolute Gasteiger partial charge is 0.382 e. The van der Waals surface area contributed by atoms with Gasteiger partial charge in [-0.2, -0.15) is 0 Å². The van der Waals surface area contributed by atoms with Crippen LogP contribution in [0.25, 0.3) is 0 Å². The summed E-state index contributed by atoms with van der Waals surface area (Å²) in [6.07, 6.45) is 0.771. The summed E-state index contributed by atoms with van der Waals surface area (Å²) in [5.41, 5.74) is 7.06. The Hall–Kier alpha value is -0.610. The summed E-state index contributed by atoms with van der Waals surface area (Å²) in [5, 5.41) is 0.741. The van der Waals surface area contributed by atoms with Crippen molar-refractivity contribution in [3.63, 3.8) is 0 Å². The Morgan fingerprint density at radius 2 is 2.19 bits per heavy atom. The monoisotopic (exact) mass is 243 g/mol. The Morgan fingerprint density at radius 1 is 1.38 bits per heavy atom. The highest BCUT2D eigenvalue weighted by molar-refractivity contribution is 6.30. The molecule has 90 valence electrons. The first-order valence-electron chi connectivity index (χ1n) is 5.29. The van der Waals surface area contributed by atoms with Gasteiger partial charge in [-0.05, 0) is 24.1 Å². The Bertz CT molecular complexity index is 307. The molecule has 3 nitrogen and oxygen atoms in total. The molecule has 2 N–H and O–H groups in total. The van der Waals surface area contributed by atoms with Crippen molar-refractivity contribution in [3.05, 3.63) is 34.9 Å². The number of ether oxygens (including phenoxy) is 2. The van der Waals surface area contributed by atoms with E-state index in [0.29, 0.717) is 19.8 Å². The Labute approximate surface area is 101 Å². The highest BCUT2D eigenvalue weighted by atomic mass is 35.5. The summed E-state index contributed by atoms with van der Waals surface area (Å²) in [6.45, 7) is 1.72. The molecule has 0 fully saturated rings. The Balaban J connectivity index is 2.25. The zero-order valence-electron chi connectivity index (χ0n) is 9.49. The number of rotatable bonds is 7. The third-order valence-electron chi connectivity index (χ3n) is 2.15. The minimum atomic E-state index is -0.00433. The normalized spacial score (nSPS) is 12.7. The van der Waals surface area contributed by atoms with Crippen molar-refractivity contribution in [3.8, 4) is 0 Å². The van der Waals surface area contributed by atoms with Crippen LogP contribution in [0.4, 0.5) is 0 Å². The van der Waals surface area contributed by atoms with Crippen LogP contribution in [0, 0.1) is 0 Å². The molecule has 0 amide bonds. The van der Waals surface area contributed by atoms with Gasteiger partial charge in [0, 0.05) is 18.2 Å². The van der Waals surface area contributed by atoms with Gasteiger partial charge in [0.15, 0.2) is 0 Å². The number of methoxy groups -OCH3 is 1. The van der Waals surface area contributed by atoms with Crippen molar-refractivity contribution in [2.75, 3.05) is 26.9 Å². The van der Waals surface area contributed by atoms with Crippen LogP contribution in [0.3, 0.4) is 0 Å². The highest BCUT2D eigenvalue weighted by Crippen LogP contribution is 2.11. The predicted octanol–water partition coefficient (Wildman–Crippen LogP) is 1.87. The number of nitrogens with two attached hydrogens (primary N) is 1. The van der Waals surface area contributed by atoms with E-state index >= 15 is 0 Å². The van der Waals surface area contributed by atoms with E-state index in [4.69, 9.17) is 26.8 Å². The molecule has 1 unspecified atom stereocenters. The molecule has 1 rings (SSSR count). The third kappa shape index (κ3) is 5.47. The lowest BCUT2D eigenvalue weighted by molar-refractivity contribution is 0.0637. The van der Waals surface area contributed by atoms with Gasteiger partial charge in [0.1, 0.15) is 0 Å². The van der Waals surface area contributed by atoms with Crippen LogP contribution < -0.4 is 5.73 Å². The first-order valence-corrected chi connectivity index (χ1v) is 5.67. The molecule has 1 aromatic carbocycles. The quantitative estimate of drug-likeness (QED) is 0.744. The second-order valence-corrected chi connectivity index (χ2v) is 4.10. The lowest BCUT2D eigenvalue weighted by Crippen LogP contribution is -2.29. The molecule has 0 saturated carbocycles. The topological polar surface area (TPSA) is 44.5 Å². The lowest BCUT2D eigenvalue weighted by Gasteiger charge is -2.12. The Morgan fingerprint density at radius 3 is 2.88 bits per heavy atom. The number of halogens is 1. The number of hydrogen-bond donors (Lipinski definition) is 1. The van der Waals surface area contributed by atoms with Crippen molar-refractivity contribution in [2.45, 2.75) is 12.5 Å². The maximum Gasteiger partial charge on any atom is 0.0701 e. The van der Waals surface area contributed by atoms with Gasteiger partial charge in [-0.15, -0.1) is 0 Å². The fourth-order valence-corrected chi connectivity index (χ4v) is 1.62. The zero-order valence-corrected chi connectivity index (χ0v) is 10.2. The molecule has 0 aliphatic carbocycles. The van der Waals surface area contributed by atoms with Crippen LogP contribution in [-0.4, -0.2) is 33.0 Å². The molecule has 0 aliphatic rings. The van der Waals surface area contributed by atoms with E-state index in [0.717, 1.165) is 17.0 Å². The maximum absolute atomic E-state index is 5.93. The summed E-state index contributed by atoms with van der Waals surface area (Å²) in [7, 11) is 1.65. The van der Waals surface area contributed by atoms with Crippen molar-refractivity contribution in [2.24, 2.45) is 5.73 Å². The van der Waals surface area contributed by atoms with E-state index in [2.05, 4.69) is 0 Å². The van der Waals surface area contributed by atoms with E-state index in [1.807, 2.05) is 24.3 Å². The molecular weight excluding hydrogens is 226 g/mol. The number of hydrogen-bond acceptors (Lipinski definition) is 3. The fraction of sp³-hybridized carbons (Fsp3) is 0.500. The summed E-state index contributed by atoms with van der Waals surface area (Å²) >= 11 is 5.89. The van der Waals surface area contributed by atoms with E-state index in [1.165, 1.54) is 0 Å². The van der Waals surface area contributed by atoms with Crippen LogP contribution in [0.2, 0.25) is 5.02 Å². The molecule has 1 aromatic rings. The van der Waals surface area contributed by atoms with Crippen LogP contribution in [0.15, 0.2) is 24.3 Å². The van der Waals surface area contributed by atoms with E-state index in [1.54, 1.807) is 7.11 Å². The molecular formula is C12H18ClNO2. The summed E-state index contributed by atoms with van der Waals surface area (Å²) in [4.78, 5) is 0. The summed E-state index contributed by atoms with van der Waals surface area (Å²) in [5.74, 6) is 0. The first-order chi connectivity index (χ1) is 7.72. The molecule has 4 heteroatoms. The first kappa shape index (κ1) is 13.5. The van der Waals surface area contributed by atoms with Crippen molar-refractivity contribution < 1.29 is 9.47 Å². The predicted molar refractivity (Wildman–Crippen MR) is 65.8 cm³/mol. The average Bonchev–Trinajstić information content (AvgIpc) is 2.24. The lowest BCUT2D eigenvalue weighted by atomic mass is 10.1. The molecule has 16 heavy (non-hydrogen) atoms. The average molecular weight is 244 g/mol. The van der Waals surface area contributed by atoms with Gasteiger partial charge < -0.3 is 15.2 Å². The van der Waals surface area contributed by atoms with Crippen LogP contribution in [-0.2, 0) is 15.9 Å². The van der Waals surface area contributed by atoms with Crippen molar-refractivity contribution >= 4 is 11.6 Å². The van der Waals surface area contributed by atoms with Crippen molar-refractivity contribution in [1.29, 1.82) is 0 Å². The SMILES string of the molecule is COCCOCC(N)Cc1cccc(Cl)c1. The summed E-state index contributed by atoms with van der Waals surface area (Å²) in [6, 6.07) is 7.72. The van der Waals surface area contributed by atoms with Gasteiger partial charge >= 0.3 is 0 Å². The molecule has 0 radical (unpaired) electrons. The minimum absolute atomic E-state index is 0.00433. The molecule has 0 aromatic heterocycles. The highest BCUT2D eigenvalue weighted by Gasteiger charge is 2.04. The second kappa shape index (κ2) is 7.63. The Kier molecular flexibility index (Phi) is 6.42. The summed E-state index contributed by atoms with van der Waals surface area (Å²) < 4.78 is 10.2. The van der Waals surface area contributed by atoms with Gasteiger partial charge in [0.2, 0.25) is 0 Å². The molecule has 0 heterocycles.